The first-order valence-electron chi connectivity index (χ1n) is 8.58. The number of carbonyl (C=O) groups excluding carboxylic acids is 1. The van der Waals surface area contributed by atoms with Crippen LogP contribution in [0.1, 0.15) is 27.7 Å². The van der Waals surface area contributed by atoms with Crippen LogP contribution in [0.25, 0.3) is 0 Å². The van der Waals surface area contributed by atoms with Gasteiger partial charge in [0, 0.05) is 27.4 Å². The molecule has 1 amide bonds. The van der Waals surface area contributed by atoms with Crippen LogP contribution in [0.15, 0.2) is 77.7 Å². The van der Waals surface area contributed by atoms with Crippen LogP contribution in [-0.4, -0.2) is 12.2 Å². The van der Waals surface area contributed by atoms with Crippen LogP contribution in [-0.2, 0) is 0 Å². The molecule has 0 radical (unpaired) electrons. The van der Waals surface area contributed by atoms with E-state index in [2.05, 4.69) is 23.7 Å². The third kappa shape index (κ3) is 2.86. The van der Waals surface area contributed by atoms with E-state index in [1.54, 1.807) is 11.8 Å². The van der Waals surface area contributed by atoms with Crippen LogP contribution >= 0.6 is 11.8 Å². The number of nitrogens with zero attached hydrogens (tertiary/aromatic N) is 1. The largest absolute Gasteiger partial charge is 0.361 e. The Kier molecular flexibility index (Phi) is 4.43. The van der Waals surface area contributed by atoms with Crippen LogP contribution in [0.3, 0.4) is 0 Å². The summed E-state index contributed by atoms with van der Waals surface area (Å²) in [5.74, 6) is 0.0356. The quantitative estimate of drug-likeness (QED) is 0.625. The van der Waals surface area contributed by atoms with Gasteiger partial charge < -0.3 is 5.32 Å². The predicted molar refractivity (Wildman–Crippen MR) is 109 cm³/mol. The van der Waals surface area contributed by atoms with E-state index in [-0.39, 0.29) is 12.1 Å². The van der Waals surface area contributed by atoms with Crippen LogP contribution < -0.4 is 10.2 Å². The summed E-state index contributed by atoms with van der Waals surface area (Å²) >= 11 is 1.71. The summed E-state index contributed by atoms with van der Waals surface area (Å²) in [6.45, 7) is 2.04. The zero-order valence-corrected chi connectivity index (χ0v) is 15.6. The SMILES string of the molecule is CSc1cccc(NC2c3ccccc3C(=O)N2c2ccccc2C)c1. The number of aryl methyl sites for hydroxylation is 1. The van der Waals surface area contributed by atoms with Crippen molar-refractivity contribution in [3.05, 3.63) is 89.5 Å². The van der Waals surface area contributed by atoms with Crippen LogP contribution in [0.4, 0.5) is 11.4 Å². The molecule has 3 aromatic carbocycles. The molecule has 0 saturated carbocycles. The second-order valence-corrected chi connectivity index (χ2v) is 7.21. The number of carbonyl (C=O) groups is 1. The van der Waals surface area contributed by atoms with Gasteiger partial charge in [0.1, 0.15) is 6.17 Å². The minimum absolute atomic E-state index is 0.0356. The first-order valence-corrected chi connectivity index (χ1v) is 9.80. The molecule has 0 spiro atoms. The number of hydrogen-bond donors (Lipinski definition) is 1. The van der Waals surface area contributed by atoms with E-state index in [1.165, 1.54) is 4.90 Å². The van der Waals surface area contributed by atoms with E-state index < -0.39 is 0 Å². The molecule has 1 N–H and O–H groups in total. The molecule has 0 bridgehead atoms. The maximum Gasteiger partial charge on any atom is 0.260 e. The van der Waals surface area contributed by atoms with Crippen molar-refractivity contribution in [3.63, 3.8) is 0 Å². The highest BCUT2D eigenvalue weighted by Crippen LogP contribution is 2.39. The summed E-state index contributed by atoms with van der Waals surface area (Å²) < 4.78 is 0. The molecule has 3 aromatic rings. The number of benzene rings is 3. The predicted octanol–water partition coefficient (Wildman–Crippen LogP) is 5.49. The maximum absolute atomic E-state index is 13.2. The van der Waals surface area contributed by atoms with Gasteiger partial charge in [-0.2, -0.15) is 0 Å². The van der Waals surface area contributed by atoms with Crippen LogP contribution in [0.5, 0.6) is 0 Å². The summed E-state index contributed by atoms with van der Waals surface area (Å²) in [6.07, 6.45) is 1.84. The van der Waals surface area contributed by atoms with Gasteiger partial charge in [0.25, 0.3) is 5.91 Å². The van der Waals surface area contributed by atoms with Gasteiger partial charge in [-0.15, -0.1) is 11.8 Å². The first-order chi connectivity index (χ1) is 12.7. The van der Waals surface area contributed by atoms with Gasteiger partial charge in [-0.3, -0.25) is 9.69 Å². The van der Waals surface area contributed by atoms with E-state index in [0.29, 0.717) is 0 Å². The zero-order valence-electron chi connectivity index (χ0n) is 14.8. The normalized spacial score (nSPS) is 15.8. The summed E-state index contributed by atoms with van der Waals surface area (Å²) in [5, 5.41) is 3.57. The molecule has 130 valence electrons. The molecule has 0 aliphatic carbocycles. The lowest BCUT2D eigenvalue weighted by atomic mass is 10.1. The highest BCUT2D eigenvalue weighted by Gasteiger charge is 2.38. The number of rotatable bonds is 4. The molecule has 26 heavy (non-hydrogen) atoms. The van der Waals surface area contributed by atoms with Crippen LogP contribution in [0.2, 0.25) is 0 Å². The van der Waals surface area contributed by atoms with Crippen molar-refractivity contribution in [1.29, 1.82) is 0 Å². The summed E-state index contributed by atoms with van der Waals surface area (Å²) in [4.78, 5) is 16.2. The highest BCUT2D eigenvalue weighted by molar-refractivity contribution is 7.98. The number of fused-ring (bicyclic) bond motifs is 1. The Morgan fingerprint density at radius 1 is 0.962 bits per heavy atom. The molecule has 0 saturated heterocycles. The number of nitrogens with one attached hydrogen (secondary N) is 1. The first kappa shape index (κ1) is 16.7. The molecular formula is C22H20N2OS. The molecule has 4 rings (SSSR count). The number of amides is 1. The average Bonchev–Trinajstić information content (AvgIpc) is 2.95. The molecule has 1 aliphatic rings. The lowest BCUT2D eigenvalue weighted by Crippen LogP contribution is -2.32. The summed E-state index contributed by atoms with van der Waals surface area (Å²) in [7, 11) is 0. The van der Waals surface area contributed by atoms with Gasteiger partial charge in [0.2, 0.25) is 0 Å². The van der Waals surface area contributed by atoms with Crippen molar-refractivity contribution in [3.8, 4) is 0 Å². The van der Waals surface area contributed by atoms with E-state index in [0.717, 1.165) is 28.1 Å². The van der Waals surface area contributed by atoms with Crippen molar-refractivity contribution in [2.24, 2.45) is 0 Å². The Labute approximate surface area is 158 Å². The minimum atomic E-state index is -0.225. The van der Waals surface area contributed by atoms with Crippen molar-refractivity contribution in [1.82, 2.24) is 0 Å². The van der Waals surface area contributed by atoms with Crippen LogP contribution in [0, 0.1) is 6.92 Å². The number of para-hydroxylation sites is 1. The molecule has 0 fully saturated rings. The molecule has 0 aromatic heterocycles. The Morgan fingerprint density at radius 2 is 1.73 bits per heavy atom. The van der Waals surface area contributed by atoms with Crippen molar-refractivity contribution < 1.29 is 4.79 Å². The summed E-state index contributed by atoms with van der Waals surface area (Å²) in [5.41, 5.74) is 4.79. The van der Waals surface area contributed by atoms with Crippen molar-refractivity contribution >= 4 is 29.0 Å². The van der Waals surface area contributed by atoms with Gasteiger partial charge in [0.05, 0.1) is 0 Å². The second-order valence-electron chi connectivity index (χ2n) is 6.33. The summed E-state index contributed by atoms with van der Waals surface area (Å²) in [6, 6.07) is 24.1. The third-order valence-electron chi connectivity index (χ3n) is 4.71. The van der Waals surface area contributed by atoms with E-state index in [9.17, 15) is 4.79 Å². The average molecular weight is 360 g/mol. The van der Waals surface area contributed by atoms with Gasteiger partial charge in [-0.1, -0.05) is 42.5 Å². The third-order valence-corrected chi connectivity index (χ3v) is 5.44. The van der Waals surface area contributed by atoms with Gasteiger partial charge in [0.15, 0.2) is 0 Å². The maximum atomic E-state index is 13.2. The fraction of sp³-hybridized carbons (Fsp3) is 0.136. The Morgan fingerprint density at radius 3 is 2.54 bits per heavy atom. The van der Waals surface area contributed by atoms with Gasteiger partial charge >= 0.3 is 0 Å². The fourth-order valence-electron chi connectivity index (χ4n) is 3.41. The minimum Gasteiger partial charge on any atom is -0.361 e. The van der Waals surface area contributed by atoms with Gasteiger partial charge in [-0.05, 0) is 49.1 Å². The lowest BCUT2D eigenvalue weighted by molar-refractivity contribution is 0.0993. The fourth-order valence-corrected chi connectivity index (χ4v) is 3.87. The molecule has 1 unspecified atom stereocenters. The van der Waals surface area contributed by atoms with E-state index in [1.807, 2.05) is 72.5 Å². The molecular weight excluding hydrogens is 340 g/mol. The standard InChI is InChI=1S/C22H20N2OS/c1-15-8-3-6-13-20(15)24-21(18-11-4-5-12-19(18)22(24)25)23-16-9-7-10-17(14-16)26-2/h3-14,21,23H,1-2H3. The van der Waals surface area contributed by atoms with Crippen molar-refractivity contribution in [2.75, 3.05) is 16.5 Å². The molecule has 3 nitrogen and oxygen atoms in total. The smallest absolute Gasteiger partial charge is 0.260 e. The number of thioether (sulfide) groups is 1. The monoisotopic (exact) mass is 360 g/mol. The Balaban J connectivity index is 1.80. The number of hydrogen-bond acceptors (Lipinski definition) is 3. The van der Waals surface area contributed by atoms with Gasteiger partial charge in [-0.25, -0.2) is 0 Å². The molecule has 1 heterocycles. The topological polar surface area (TPSA) is 32.3 Å². The van der Waals surface area contributed by atoms with E-state index in [4.69, 9.17) is 0 Å². The van der Waals surface area contributed by atoms with Crippen molar-refractivity contribution in [2.45, 2.75) is 18.0 Å². The zero-order chi connectivity index (χ0) is 18.1. The highest BCUT2D eigenvalue weighted by atomic mass is 32.2. The molecule has 4 heteroatoms. The second kappa shape index (κ2) is 6.89. The Hall–Kier alpha value is -2.72. The Bertz CT molecular complexity index is 970. The number of anilines is 2. The lowest BCUT2D eigenvalue weighted by Gasteiger charge is -2.28. The molecule has 1 aliphatic heterocycles. The molecule has 1 atom stereocenters. The van der Waals surface area contributed by atoms with E-state index >= 15 is 0 Å².